The topological polar surface area (TPSA) is 12.5 Å². The second kappa shape index (κ2) is 9.11. The van der Waals surface area contributed by atoms with Gasteiger partial charge in [-0.05, 0) is 38.5 Å². The standard InChI is InChI=1S/C17H32F3NO/c1-5-8-14(6-2)15-9-13(4)21(12-17(18,19)20)16(10-15)11-22-7-3/h13-16H,5-12H2,1-4H3. The van der Waals surface area contributed by atoms with Crippen molar-refractivity contribution in [2.45, 2.75) is 78.1 Å². The summed E-state index contributed by atoms with van der Waals surface area (Å²) in [5.41, 5.74) is 0. The number of alkyl halides is 3. The lowest BCUT2D eigenvalue weighted by atomic mass is 9.75. The van der Waals surface area contributed by atoms with Crippen molar-refractivity contribution in [1.29, 1.82) is 0 Å². The Bertz CT molecular complexity index is 309. The summed E-state index contributed by atoms with van der Waals surface area (Å²) in [4.78, 5) is 1.62. The minimum absolute atomic E-state index is 0.0308. The Kier molecular flexibility index (Phi) is 8.19. The average molecular weight is 323 g/mol. The minimum atomic E-state index is -4.14. The van der Waals surface area contributed by atoms with Crippen LogP contribution >= 0.6 is 0 Å². The fraction of sp³-hybridized carbons (Fsp3) is 1.00. The minimum Gasteiger partial charge on any atom is -0.380 e. The predicted octanol–water partition coefficient (Wildman–Crippen LogP) is 4.88. The molecule has 0 radical (unpaired) electrons. The van der Waals surface area contributed by atoms with E-state index in [1.54, 1.807) is 4.90 Å². The largest absolute Gasteiger partial charge is 0.401 e. The molecule has 1 saturated heterocycles. The fourth-order valence-electron chi connectivity index (χ4n) is 3.95. The fourth-order valence-corrected chi connectivity index (χ4v) is 3.95. The van der Waals surface area contributed by atoms with Gasteiger partial charge < -0.3 is 4.74 Å². The summed E-state index contributed by atoms with van der Waals surface area (Å²) in [5, 5.41) is 0. The summed E-state index contributed by atoms with van der Waals surface area (Å²) >= 11 is 0. The van der Waals surface area contributed by atoms with Crippen LogP contribution in [0.1, 0.15) is 59.8 Å². The van der Waals surface area contributed by atoms with Gasteiger partial charge in [-0.25, -0.2) is 0 Å². The van der Waals surface area contributed by atoms with Crippen molar-refractivity contribution in [3.8, 4) is 0 Å². The molecule has 5 heteroatoms. The van der Waals surface area contributed by atoms with Crippen molar-refractivity contribution >= 4 is 0 Å². The highest BCUT2D eigenvalue weighted by atomic mass is 19.4. The number of piperidine rings is 1. The number of rotatable bonds is 8. The summed E-state index contributed by atoms with van der Waals surface area (Å²) in [6.45, 7) is 8.37. The third-order valence-corrected chi connectivity index (χ3v) is 4.98. The maximum absolute atomic E-state index is 12.9. The van der Waals surface area contributed by atoms with Gasteiger partial charge in [0.15, 0.2) is 0 Å². The zero-order valence-corrected chi connectivity index (χ0v) is 14.5. The quantitative estimate of drug-likeness (QED) is 0.631. The van der Waals surface area contributed by atoms with E-state index in [-0.39, 0.29) is 12.1 Å². The van der Waals surface area contributed by atoms with Gasteiger partial charge in [0.25, 0.3) is 0 Å². The van der Waals surface area contributed by atoms with Crippen LogP contribution in [0.2, 0.25) is 0 Å². The van der Waals surface area contributed by atoms with E-state index in [2.05, 4.69) is 13.8 Å². The maximum Gasteiger partial charge on any atom is 0.401 e. The van der Waals surface area contributed by atoms with E-state index >= 15 is 0 Å². The molecule has 1 aliphatic rings. The first kappa shape index (κ1) is 19.8. The van der Waals surface area contributed by atoms with Crippen molar-refractivity contribution in [3.63, 3.8) is 0 Å². The number of halogens is 3. The first-order valence-corrected chi connectivity index (χ1v) is 8.72. The molecule has 1 heterocycles. The van der Waals surface area contributed by atoms with Crippen molar-refractivity contribution in [1.82, 2.24) is 4.90 Å². The van der Waals surface area contributed by atoms with Crippen LogP contribution in [0.5, 0.6) is 0 Å². The molecule has 132 valence electrons. The molecule has 2 nitrogen and oxygen atoms in total. The number of likely N-dealkylation sites (tertiary alicyclic amines) is 1. The van der Waals surface area contributed by atoms with Crippen LogP contribution < -0.4 is 0 Å². The molecule has 4 unspecified atom stereocenters. The Hall–Kier alpha value is -0.290. The molecule has 0 bridgehead atoms. The smallest absolute Gasteiger partial charge is 0.380 e. The molecule has 0 aromatic rings. The van der Waals surface area contributed by atoms with E-state index in [9.17, 15) is 13.2 Å². The van der Waals surface area contributed by atoms with Gasteiger partial charge in [-0.1, -0.05) is 33.1 Å². The van der Waals surface area contributed by atoms with Gasteiger partial charge in [-0.15, -0.1) is 0 Å². The van der Waals surface area contributed by atoms with Gasteiger partial charge in [0.2, 0.25) is 0 Å². The number of ether oxygens (including phenoxy) is 1. The first-order chi connectivity index (χ1) is 10.3. The lowest BCUT2D eigenvalue weighted by molar-refractivity contribution is -0.166. The molecule has 0 aromatic carbocycles. The Balaban J connectivity index is 2.80. The zero-order chi connectivity index (χ0) is 16.8. The summed E-state index contributed by atoms with van der Waals surface area (Å²) in [6, 6.07) is -0.141. The second-order valence-corrected chi connectivity index (χ2v) is 6.64. The van der Waals surface area contributed by atoms with Crippen LogP contribution in [0.25, 0.3) is 0 Å². The molecule has 4 atom stereocenters. The molecular formula is C17H32F3NO. The summed E-state index contributed by atoms with van der Waals surface area (Å²) in [5.74, 6) is 1.15. The van der Waals surface area contributed by atoms with E-state index in [4.69, 9.17) is 4.74 Å². The molecule has 1 aliphatic heterocycles. The predicted molar refractivity (Wildman–Crippen MR) is 83.9 cm³/mol. The van der Waals surface area contributed by atoms with Gasteiger partial charge in [-0.2, -0.15) is 13.2 Å². The van der Waals surface area contributed by atoms with Crippen molar-refractivity contribution in [3.05, 3.63) is 0 Å². The summed E-state index contributed by atoms with van der Waals surface area (Å²) in [6.07, 6.45) is 1.00. The van der Waals surface area contributed by atoms with Crippen molar-refractivity contribution < 1.29 is 17.9 Å². The molecule has 0 aromatic heterocycles. The maximum atomic E-state index is 12.9. The highest BCUT2D eigenvalue weighted by Crippen LogP contribution is 2.37. The van der Waals surface area contributed by atoms with Crippen LogP contribution in [0.3, 0.4) is 0 Å². The Morgan fingerprint density at radius 1 is 1.18 bits per heavy atom. The lowest BCUT2D eigenvalue weighted by Gasteiger charge is -2.46. The van der Waals surface area contributed by atoms with E-state index in [1.807, 2.05) is 13.8 Å². The van der Waals surface area contributed by atoms with Crippen molar-refractivity contribution in [2.24, 2.45) is 11.8 Å². The molecule has 22 heavy (non-hydrogen) atoms. The third kappa shape index (κ3) is 6.07. The molecule has 0 aliphatic carbocycles. The third-order valence-electron chi connectivity index (χ3n) is 4.98. The van der Waals surface area contributed by atoms with E-state index in [0.29, 0.717) is 25.0 Å². The van der Waals surface area contributed by atoms with Gasteiger partial charge in [0, 0.05) is 18.7 Å². The van der Waals surface area contributed by atoms with Gasteiger partial charge >= 0.3 is 6.18 Å². The van der Waals surface area contributed by atoms with E-state index in [0.717, 1.165) is 25.7 Å². The Labute approximate surface area is 133 Å². The van der Waals surface area contributed by atoms with Gasteiger partial charge in [0.05, 0.1) is 13.2 Å². The monoisotopic (exact) mass is 323 g/mol. The SMILES string of the molecule is CCCC(CC)C1CC(C)N(CC(F)(F)F)C(COCC)C1. The normalized spacial score (nSPS) is 28.8. The molecule has 1 rings (SSSR count). The summed E-state index contributed by atoms with van der Waals surface area (Å²) in [7, 11) is 0. The highest BCUT2D eigenvalue weighted by molar-refractivity contribution is 4.90. The molecular weight excluding hydrogens is 291 g/mol. The van der Waals surface area contributed by atoms with Crippen molar-refractivity contribution in [2.75, 3.05) is 19.8 Å². The highest BCUT2D eigenvalue weighted by Gasteiger charge is 2.41. The molecule has 0 amide bonds. The molecule has 0 N–H and O–H groups in total. The summed E-state index contributed by atoms with van der Waals surface area (Å²) < 4.78 is 44.1. The lowest BCUT2D eigenvalue weighted by Crippen LogP contribution is -2.54. The van der Waals surface area contributed by atoms with Crippen LogP contribution in [-0.2, 0) is 4.74 Å². The van der Waals surface area contributed by atoms with E-state index < -0.39 is 12.7 Å². The Morgan fingerprint density at radius 2 is 1.86 bits per heavy atom. The van der Waals surface area contributed by atoms with Gasteiger partial charge in [0.1, 0.15) is 0 Å². The van der Waals surface area contributed by atoms with Crippen LogP contribution in [-0.4, -0.2) is 42.9 Å². The van der Waals surface area contributed by atoms with Gasteiger partial charge in [-0.3, -0.25) is 4.90 Å². The molecule has 0 spiro atoms. The van der Waals surface area contributed by atoms with E-state index in [1.165, 1.54) is 6.42 Å². The first-order valence-electron chi connectivity index (χ1n) is 8.72. The zero-order valence-electron chi connectivity index (χ0n) is 14.5. The van der Waals surface area contributed by atoms with Crippen LogP contribution in [0.4, 0.5) is 13.2 Å². The number of nitrogens with zero attached hydrogens (tertiary/aromatic N) is 1. The average Bonchev–Trinajstić information content (AvgIpc) is 2.44. The molecule has 0 saturated carbocycles. The van der Waals surface area contributed by atoms with Crippen LogP contribution in [0.15, 0.2) is 0 Å². The molecule has 1 fully saturated rings. The van der Waals surface area contributed by atoms with Crippen LogP contribution in [0, 0.1) is 11.8 Å². The Morgan fingerprint density at radius 3 is 2.36 bits per heavy atom. The number of hydrogen-bond donors (Lipinski definition) is 0. The number of hydrogen-bond acceptors (Lipinski definition) is 2. The second-order valence-electron chi connectivity index (χ2n) is 6.64.